The minimum atomic E-state index is -0.874. The predicted octanol–water partition coefficient (Wildman–Crippen LogP) is 3.80. The maximum absolute atomic E-state index is 15.2. The third-order valence-corrected chi connectivity index (χ3v) is 7.04. The molecule has 0 atom stereocenters. The lowest BCUT2D eigenvalue weighted by Gasteiger charge is -2.37. The SMILES string of the molecule is COC(=O)N1CCN(C(C)=O)c2cc3c(cc21)-c1cn(C)c(=O)c2[nH]cc(c12)CN3c1ncc(F)cc1F. The van der Waals surface area contributed by atoms with Crippen molar-refractivity contribution in [3.05, 3.63) is 64.3 Å². The first-order valence-electron chi connectivity index (χ1n) is 11.8. The zero-order valence-corrected chi connectivity index (χ0v) is 20.7. The molecule has 0 unspecified atom stereocenters. The number of nitrogens with zero attached hydrogens (tertiary/aromatic N) is 5. The van der Waals surface area contributed by atoms with Gasteiger partial charge in [-0.15, -0.1) is 0 Å². The second-order valence-corrected chi connectivity index (χ2v) is 9.22. The van der Waals surface area contributed by atoms with E-state index in [1.807, 2.05) is 0 Å². The van der Waals surface area contributed by atoms with Gasteiger partial charge in [-0.3, -0.25) is 14.5 Å². The monoisotopic (exact) mass is 520 g/mol. The molecule has 12 heteroatoms. The number of ether oxygens (including phenoxy) is 1. The number of fused-ring (bicyclic) bond motifs is 3. The third-order valence-electron chi connectivity index (χ3n) is 7.04. The van der Waals surface area contributed by atoms with Crippen LogP contribution in [0.25, 0.3) is 22.0 Å². The first kappa shape index (κ1) is 23.6. The molecule has 0 aliphatic carbocycles. The fraction of sp³-hybridized carbons (Fsp3) is 0.231. The minimum absolute atomic E-state index is 0.0995. The maximum atomic E-state index is 15.2. The molecular formula is C26H22F2N6O4. The van der Waals surface area contributed by atoms with Gasteiger partial charge >= 0.3 is 6.09 Å². The van der Waals surface area contributed by atoms with E-state index in [1.54, 1.807) is 36.5 Å². The van der Waals surface area contributed by atoms with E-state index in [2.05, 4.69) is 9.97 Å². The number of aromatic amines is 1. The highest BCUT2D eigenvalue weighted by molar-refractivity contribution is 6.08. The molecule has 0 bridgehead atoms. The first-order valence-corrected chi connectivity index (χ1v) is 11.8. The number of pyridine rings is 2. The van der Waals surface area contributed by atoms with Crippen molar-refractivity contribution < 1.29 is 23.1 Å². The number of hydrogen-bond donors (Lipinski definition) is 1. The number of rotatable bonds is 1. The smallest absolute Gasteiger partial charge is 0.414 e. The summed E-state index contributed by atoms with van der Waals surface area (Å²) in [5, 5.41) is 0.642. The first-order chi connectivity index (χ1) is 18.2. The van der Waals surface area contributed by atoms with Gasteiger partial charge in [0.2, 0.25) is 5.91 Å². The molecule has 1 N–H and O–H groups in total. The Labute approximate surface area is 214 Å². The van der Waals surface area contributed by atoms with Gasteiger partial charge in [-0.25, -0.2) is 18.6 Å². The number of hydrogen-bond acceptors (Lipinski definition) is 6. The van der Waals surface area contributed by atoms with E-state index in [4.69, 9.17) is 4.74 Å². The Morgan fingerprint density at radius 2 is 1.79 bits per heavy atom. The van der Waals surface area contributed by atoms with Crippen LogP contribution in [0, 0.1) is 11.6 Å². The molecule has 0 fully saturated rings. The maximum Gasteiger partial charge on any atom is 0.414 e. The number of anilines is 4. The minimum Gasteiger partial charge on any atom is -0.452 e. The number of nitrogens with one attached hydrogen (secondary N) is 1. The number of benzene rings is 1. The Kier molecular flexibility index (Phi) is 5.23. The van der Waals surface area contributed by atoms with Crippen LogP contribution in [0.5, 0.6) is 0 Å². The van der Waals surface area contributed by atoms with Crippen LogP contribution >= 0.6 is 0 Å². The van der Waals surface area contributed by atoms with E-state index in [0.29, 0.717) is 44.7 Å². The van der Waals surface area contributed by atoms with E-state index >= 15 is 4.39 Å². The fourth-order valence-corrected chi connectivity index (χ4v) is 5.32. The number of halogens is 2. The van der Waals surface area contributed by atoms with Gasteiger partial charge in [-0.05, 0) is 17.7 Å². The van der Waals surface area contributed by atoms with Crippen LogP contribution in [0.15, 0.2) is 41.6 Å². The number of carbonyl (C=O) groups is 2. The predicted molar refractivity (Wildman–Crippen MR) is 137 cm³/mol. The van der Waals surface area contributed by atoms with Crippen molar-refractivity contribution in [2.45, 2.75) is 13.5 Å². The summed E-state index contributed by atoms with van der Waals surface area (Å²) in [7, 11) is 2.90. The van der Waals surface area contributed by atoms with Gasteiger partial charge in [0.15, 0.2) is 11.6 Å². The molecule has 1 aromatic carbocycles. The summed E-state index contributed by atoms with van der Waals surface area (Å²) in [5.74, 6) is -2.06. The lowest BCUT2D eigenvalue weighted by Crippen LogP contribution is -2.46. The number of amides is 2. The normalized spacial score (nSPS) is 14.3. The zero-order valence-electron chi connectivity index (χ0n) is 20.7. The molecule has 10 nitrogen and oxygen atoms in total. The van der Waals surface area contributed by atoms with Crippen molar-refractivity contribution in [3.63, 3.8) is 0 Å². The molecule has 3 aromatic heterocycles. The summed E-state index contributed by atoms with van der Waals surface area (Å²) >= 11 is 0. The number of methoxy groups -OCH3 is 1. The van der Waals surface area contributed by atoms with E-state index in [1.165, 1.54) is 28.4 Å². The van der Waals surface area contributed by atoms with Gasteiger partial charge < -0.3 is 24.1 Å². The summed E-state index contributed by atoms with van der Waals surface area (Å²) in [5.41, 5.74) is 3.36. The molecule has 0 spiro atoms. The molecule has 6 rings (SSSR count). The molecule has 0 radical (unpaired) electrons. The van der Waals surface area contributed by atoms with E-state index < -0.39 is 17.7 Å². The Morgan fingerprint density at radius 3 is 2.50 bits per heavy atom. The second kappa shape index (κ2) is 8.40. The van der Waals surface area contributed by atoms with E-state index in [9.17, 15) is 18.8 Å². The van der Waals surface area contributed by atoms with E-state index in [0.717, 1.165) is 12.3 Å². The Morgan fingerprint density at radius 1 is 1.05 bits per heavy atom. The molecule has 4 aromatic rings. The van der Waals surface area contributed by atoms with Crippen molar-refractivity contribution in [2.24, 2.45) is 7.05 Å². The molecule has 38 heavy (non-hydrogen) atoms. The summed E-state index contributed by atoms with van der Waals surface area (Å²) in [6.07, 6.45) is 3.69. The molecule has 0 saturated heterocycles. The van der Waals surface area contributed by atoms with Crippen LogP contribution in [-0.4, -0.2) is 46.7 Å². The molecule has 2 aliphatic rings. The standard InChI is InChI=1S/C26H22F2N6O4/c1-13(35)32-4-5-33(26(37)38-3)20-7-16-17-12-31(2)25(36)23-22(17)14(9-29-23)11-34(19(16)8-21(20)32)24-18(28)6-15(27)10-30-24/h6-10,12,29H,4-5,11H2,1-3H3. The fourth-order valence-electron chi connectivity index (χ4n) is 5.32. The number of carbonyl (C=O) groups excluding carboxylic acids is 2. The quantitative estimate of drug-likeness (QED) is 0.410. The topological polar surface area (TPSA) is 104 Å². The van der Waals surface area contributed by atoms with Crippen LogP contribution in [0.4, 0.5) is 36.5 Å². The molecule has 5 heterocycles. The van der Waals surface area contributed by atoms with Crippen molar-refractivity contribution >= 4 is 45.8 Å². The van der Waals surface area contributed by atoms with Gasteiger partial charge in [-0.1, -0.05) is 0 Å². The van der Waals surface area contributed by atoms with E-state index in [-0.39, 0.29) is 36.9 Å². The van der Waals surface area contributed by atoms with Gasteiger partial charge in [0.25, 0.3) is 5.56 Å². The summed E-state index contributed by atoms with van der Waals surface area (Å²) < 4.78 is 35.4. The van der Waals surface area contributed by atoms with Gasteiger partial charge in [0.1, 0.15) is 11.3 Å². The lowest BCUT2D eigenvalue weighted by atomic mass is 9.98. The summed E-state index contributed by atoms with van der Waals surface area (Å²) in [6, 6.07) is 4.17. The Hall–Kier alpha value is -4.74. The van der Waals surface area contributed by atoms with Crippen LogP contribution in [0.1, 0.15) is 12.5 Å². The molecule has 2 aliphatic heterocycles. The van der Waals surface area contributed by atoms with Gasteiger partial charge in [-0.2, -0.15) is 0 Å². The van der Waals surface area contributed by atoms with Crippen LogP contribution in [0.2, 0.25) is 0 Å². The average molecular weight is 520 g/mol. The number of H-pyrrole nitrogens is 1. The average Bonchev–Trinajstić information content (AvgIpc) is 3.26. The van der Waals surface area contributed by atoms with Crippen molar-refractivity contribution in [1.82, 2.24) is 14.5 Å². The van der Waals surface area contributed by atoms with Crippen LogP contribution in [0.3, 0.4) is 0 Å². The Bertz CT molecular complexity index is 1730. The molecular weight excluding hydrogens is 498 g/mol. The molecule has 0 saturated carbocycles. The van der Waals surface area contributed by atoms with Gasteiger partial charge in [0.05, 0.1) is 36.9 Å². The van der Waals surface area contributed by atoms with Crippen molar-refractivity contribution in [2.75, 3.05) is 34.9 Å². The molecule has 194 valence electrons. The zero-order chi connectivity index (χ0) is 26.9. The van der Waals surface area contributed by atoms with Crippen molar-refractivity contribution in [1.29, 1.82) is 0 Å². The van der Waals surface area contributed by atoms with Crippen LogP contribution in [-0.2, 0) is 23.1 Å². The largest absolute Gasteiger partial charge is 0.452 e. The highest BCUT2D eigenvalue weighted by atomic mass is 19.1. The van der Waals surface area contributed by atoms with Gasteiger partial charge in [0, 0.05) is 62.0 Å². The summed E-state index contributed by atoms with van der Waals surface area (Å²) in [4.78, 5) is 49.8. The van der Waals surface area contributed by atoms with Crippen molar-refractivity contribution in [3.8, 4) is 11.1 Å². The third kappa shape index (κ3) is 3.36. The van der Waals surface area contributed by atoms with Crippen LogP contribution < -0.4 is 20.3 Å². The second-order valence-electron chi connectivity index (χ2n) is 9.22. The summed E-state index contributed by atoms with van der Waals surface area (Å²) in [6.45, 7) is 1.95. The highest BCUT2D eigenvalue weighted by Gasteiger charge is 2.34. The molecule has 2 amide bonds. The number of aryl methyl sites for hydroxylation is 1. The lowest BCUT2D eigenvalue weighted by molar-refractivity contribution is -0.116. The number of aromatic nitrogens is 3. The highest BCUT2D eigenvalue weighted by Crippen LogP contribution is 2.49. The Balaban J connectivity index is 1.72.